The minimum absolute atomic E-state index is 0.125. The third kappa shape index (κ3) is 41.2. The number of allylic oxidation sites excluding steroid dienone is 18. The van der Waals surface area contributed by atoms with E-state index in [1.807, 2.05) is 54.7 Å². The minimum Gasteiger partial charge on any atom is -0.462 e. The second-order valence-electron chi connectivity index (χ2n) is 14.0. The van der Waals surface area contributed by atoms with Crippen LogP contribution in [0.25, 0.3) is 0 Å². The Morgan fingerprint density at radius 1 is 0.393 bits per heavy atom. The lowest BCUT2D eigenvalue weighted by atomic mass is 10.1. The second-order valence-corrected chi connectivity index (χ2v) is 14.0. The van der Waals surface area contributed by atoms with Gasteiger partial charge in [-0.05, 0) is 83.5 Å². The Bertz CT molecular complexity index is 1210. The third-order valence-corrected chi connectivity index (χ3v) is 8.62. The van der Waals surface area contributed by atoms with Crippen LogP contribution in [0.4, 0.5) is 0 Å². The SMILES string of the molecule is CC\C=C/C=C\C=C/C=C\C=C/CCCC(=O)OC(COC(=O)CCC/C=C\CCCCCC)COC(=O)CCCCCCCC/C=C\C/C=C\C/C=C\CC. The Labute approximate surface area is 342 Å². The van der Waals surface area contributed by atoms with Crippen LogP contribution in [-0.4, -0.2) is 37.2 Å². The van der Waals surface area contributed by atoms with E-state index in [9.17, 15) is 14.4 Å². The van der Waals surface area contributed by atoms with Gasteiger partial charge in [-0.15, -0.1) is 0 Å². The van der Waals surface area contributed by atoms with Gasteiger partial charge in [-0.1, -0.05) is 175 Å². The Morgan fingerprint density at radius 3 is 1.39 bits per heavy atom. The Hall–Kier alpha value is -3.93. The van der Waals surface area contributed by atoms with Gasteiger partial charge in [0.05, 0.1) is 0 Å². The highest BCUT2D eigenvalue weighted by Crippen LogP contribution is 2.11. The van der Waals surface area contributed by atoms with Gasteiger partial charge in [0.15, 0.2) is 6.10 Å². The molecule has 0 radical (unpaired) electrons. The molecule has 0 aliphatic rings. The molecule has 0 saturated heterocycles. The van der Waals surface area contributed by atoms with Crippen molar-refractivity contribution in [1.29, 1.82) is 0 Å². The molecule has 6 heteroatoms. The lowest BCUT2D eigenvalue weighted by Gasteiger charge is -2.18. The van der Waals surface area contributed by atoms with Crippen LogP contribution in [0, 0.1) is 0 Å². The molecule has 0 aromatic carbocycles. The van der Waals surface area contributed by atoms with Gasteiger partial charge in [0, 0.05) is 19.3 Å². The van der Waals surface area contributed by atoms with Crippen molar-refractivity contribution in [1.82, 2.24) is 0 Å². The van der Waals surface area contributed by atoms with Gasteiger partial charge in [0.1, 0.15) is 13.2 Å². The van der Waals surface area contributed by atoms with Gasteiger partial charge in [0.25, 0.3) is 0 Å². The number of carbonyl (C=O) groups is 3. The molecule has 0 aromatic heterocycles. The van der Waals surface area contributed by atoms with Gasteiger partial charge >= 0.3 is 17.9 Å². The number of carbonyl (C=O) groups excluding carboxylic acids is 3. The molecule has 314 valence electrons. The van der Waals surface area contributed by atoms with Crippen molar-refractivity contribution < 1.29 is 28.6 Å². The van der Waals surface area contributed by atoms with Crippen LogP contribution in [0.5, 0.6) is 0 Å². The van der Waals surface area contributed by atoms with Gasteiger partial charge in [-0.2, -0.15) is 0 Å². The van der Waals surface area contributed by atoms with Gasteiger partial charge < -0.3 is 14.2 Å². The fraction of sp³-hybridized carbons (Fsp3) is 0.580. The first kappa shape index (κ1) is 52.1. The zero-order chi connectivity index (χ0) is 40.8. The summed E-state index contributed by atoms with van der Waals surface area (Å²) in [5.41, 5.74) is 0. The Kier molecular flexibility index (Phi) is 40.7. The van der Waals surface area contributed by atoms with Crippen LogP contribution >= 0.6 is 0 Å². The van der Waals surface area contributed by atoms with Crippen molar-refractivity contribution in [2.75, 3.05) is 13.2 Å². The van der Waals surface area contributed by atoms with Gasteiger partial charge in [-0.3, -0.25) is 14.4 Å². The highest BCUT2D eigenvalue weighted by Gasteiger charge is 2.19. The first-order valence-corrected chi connectivity index (χ1v) is 22.0. The highest BCUT2D eigenvalue weighted by molar-refractivity contribution is 5.71. The summed E-state index contributed by atoms with van der Waals surface area (Å²) >= 11 is 0. The molecular weight excluding hydrogens is 697 g/mol. The predicted molar refractivity (Wildman–Crippen MR) is 237 cm³/mol. The fourth-order valence-corrected chi connectivity index (χ4v) is 5.37. The number of ether oxygens (including phenoxy) is 3. The number of rotatable bonds is 37. The molecule has 0 saturated carbocycles. The van der Waals surface area contributed by atoms with E-state index in [1.165, 1.54) is 38.5 Å². The van der Waals surface area contributed by atoms with Crippen LogP contribution in [0.2, 0.25) is 0 Å². The molecule has 0 fully saturated rings. The zero-order valence-corrected chi connectivity index (χ0v) is 35.6. The van der Waals surface area contributed by atoms with Gasteiger partial charge in [0.2, 0.25) is 0 Å². The molecule has 0 aromatic rings. The lowest BCUT2D eigenvalue weighted by molar-refractivity contribution is -0.167. The van der Waals surface area contributed by atoms with Crippen molar-refractivity contribution >= 4 is 17.9 Å². The summed E-state index contributed by atoms with van der Waals surface area (Å²) in [6, 6.07) is 0. The lowest BCUT2D eigenvalue weighted by Crippen LogP contribution is -2.30. The number of hydrogen-bond acceptors (Lipinski definition) is 6. The standard InChI is InChI=1S/C50H78O6/c1-4-7-10-13-16-19-21-23-24-25-27-28-31-34-37-40-43-49(52)55-46-47(45-54-48(51)42-39-36-33-30-18-15-12-9-6-3)56-50(53)44-41-38-35-32-29-26-22-20-17-14-11-8-5-2/h7-8,10-11,14,16-17,19-20,22-24,26,29-30,32-33,35,47H,4-6,9,12-13,15,18,21,25,27-28,31,34,36-46H2,1-3H3/b10-7-,11-8-,17-14-,19-16-,22-20-,24-23-,29-26-,33-30-,35-32-. The van der Waals surface area contributed by atoms with E-state index < -0.39 is 12.1 Å². The molecular formula is C50H78O6. The smallest absolute Gasteiger partial charge is 0.306 e. The summed E-state index contributed by atoms with van der Waals surface area (Å²) in [7, 11) is 0. The normalized spacial score (nSPS) is 13.1. The average molecular weight is 775 g/mol. The summed E-state index contributed by atoms with van der Waals surface area (Å²) in [5.74, 6) is -1.06. The van der Waals surface area contributed by atoms with Crippen molar-refractivity contribution in [3.8, 4) is 0 Å². The van der Waals surface area contributed by atoms with E-state index in [2.05, 4.69) is 75.5 Å². The summed E-state index contributed by atoms with van der Waals surface area (Å²) in [4.78, 5) is 37.6. The first-order chi connectivity index (χ1) is 27.5. The van der Waals surface area contributed by atoms with Crippen molar-refractivity contribution in [3.63, 3.8) is 0 Å². The quantitative estimate of drug-likeness (QED) is 0.0206. The minimum atomic E-state index is -0.830. The maximum atomic E-state index is 12.7. The Morgan fingerprint density at radius 2 is 0.804 bits per heavy atom. The summed E-state index contributed by atoms with van der Waals surface area (Å²) < 4.78 is 16.6. The molecule has 0 amide bonds. The van der Waals surface area contributed by atoms with E-state index in [4.69, 9.17) is 14.2 Å². The van der Waals surface area contributed by atoms with E-state index in [-0.39, 0.29) is 38.0 Å². The van der Waals surface area contributed by atoms with Crippen molar-refractivity contribution in [2.24, 2.45) is 0 Å². The van der Waals surface area contributed by atoms with E-state index in [0.29, 0.717) is 19.3 Å². The summed E-state index contributed by atoms with van der Waals surface area (Å²) in [6.07, 6.45) is 58.0. The molecule has 0 N–H and O–H groups in total. The number of hydrogen-bond donors (Lipinski definition) is 0. The van der Waals surface area contributed by atoms with Crippen LogP contribution in [0.1, 0.15) is 168 Å². The number of unbranched alkanes of at least 4 members (excludes halogenated alkanes) is 12. The number of esters is 3. The second kappa shape index (κ2) is 43.8. The first-order valence-electron chi connectivity index (χ1n) is 22.0. The topological polar surface area (TPSA) is 78.9 Å². The van der Waals surface area contributed by atoms with E-state index in [0.717, 1.165) is 77.0 Å². The maximum absolute atomic E-state index is 12.7. The Balaban J connectivity index is 4.53. The summed E-state index contributed by atoms with van der Waals surface area (Å²) in [6.45, 7) is 6.21. The van der Waals surface area contributed by atoms with Crippen LogP contribution < -0.4 is 0 Å². The largest absolute Gasteiger partial charge is 0.462 e. The molecule has 1 atom stereocenters. The van der Waals surface area contributed by atoms with Crippen molar-refractivity contribution in [2.45, 2.75) is 175 Å². The molecule has 0 aliphatic carbocycles. The van der Waals surface area contributed by atoms with E-state index in [1.54, 1.807) is 0 Å². The van der Waals surface area contributed by atoms with Crippen LogP contribution in [0.3, 0.4) is 0 Å². The maximum Gasteiger partial charge on any atom is 0.306 e. The third-order valence-electron chi connectivity index (χ3n) is 8.62. The monoisotopic (exact) mass is 775 g/mol. The highest BCUT2D eigenvalue weighted by atomic mass is 16.6. The summed E-state index contributed by atoms with van der Waals surface area (Å²) in [5, 5.41) is 0. The van der Waals surface area contributed by atoms with Crippen molar-refractivity contribution in [3.05, 3.63) is 109 Å². The molecule has 0 bridgehead atoms. The average Bonchev–Trinajstić information content (AvgIpc) is 3.19. The molecule has 0 aliphatic heterocycles. The zero-order valence-electron chi connectivity index (χ0n) is 35.6. The molecule has 1 unspecified atom stereocenters. The molecule has 56 heavy (non-hydrogen) atoms. The molecule has 0 heterocycles. The molecule has 0 rings (SSSR count). The van der Waals surface area contributed by atoms with E-state index >= 15 is 0 Å². The van der Waals surface area contributed by atoms with Gasteiger partial charge in [-0.25, -0.2) is 0 Å². The molecule has 6 nitrogen and oxygen atoms in total. The fourth-order valence-electron chi connectivity index (χ4n) is 5.37. The molecule has 0 spiro atoms. The van der Waals surface area contributed by atoms with Crippen LogP contribution in [-0.2, 0) is 28.6 Å². The predicted octanol–water partition coefficient (Wildman–Crippen LogP) is 14.0. The van der Waals surface area contributed by atoms with Crippen LogP contribution in [0.15, 0.2) is 109 Å².